The van der Waals surface area contributed by atoms with Crippen LogP contribution < -0.4 is 10.5 Å². The van der Waals surface area contributed by atoms with Gasteiger partial charge in [0.1, 0.15) is 6.33 Å². The Morgan fingerprint density at radius 3 is 2.79 bits per heavy atom. The second kappa shape index (κ2) is 3.53. The molecule has 1 fully saturated rings. The Morgan fingerprint density at radius 2 is 2.29 bits per heavy atom. The molecule has 1 aromatic rings. The Labute approximate surface area is 83.5 Å². The molecule has 4 nitrogen and oxygen atoms in total. The van der Waals surface area contributed by atoms with E-state index in [2.05, 4.69) is 9.97 Å². The Hall–Kier alpha value is -1.16. The molecule has 0 aromatic carbocycles. The lowest BCUT2D eigenvalue weighted by molar-refractivity contribution is 0.244. The van der Waals surface area contributed by atoms with Crippen LogP contribution in [0.3, 0.4) is 0 Å². The average Bonchev–Trinajstić information content (AvgIpc) is 2.18. The highest BCUT2D eigenvalue weighted by Crippen LogP contribution is 2.42. The van der Waals surface area contributed by atoms with E-state index in [-0.39, 0.29) is 5.41 Å². The summed E-state index contributed by atoms with van der Waals surface area (Å²) in [6.45, 7) is 0.660. The quantitative estimate of drug-likeness (QED) is 0.773. The molecule has 0 aliphatic heterocycles. The summed E-state index contributed by atoms with van der Waals surface area (Å²) in [6, 6.07) is 1.89. The summed E-state index contributed by atoms with van der Waals surface area (Å²) in [4.78, 5) is 8.27. The smallest absolute Gasteiger partial charge is 0.216 e. The molecule has 76 valence electrons. The van der Waals surface area contributed by atoms with Crippen molar-refractivity contribution in [3.8, 4) is 5.88 Å². The average molecular weight is 193 g/mol. The van der Waals surface area contributed by atoms with E-state index in [1.807, 2.05) is 6.07 Å². The van der Waals surface area contributed by atoms with E-state index in [1.165, 1.54) is 6.42 Å². The zero-order valence-corrected chi connectivity index (χ0v) is 8.36. The highest BCUT2D eigenvalue weighted by molar-refractivity contribution is 5.25. The molecule has 4 heteroatoms. The molecule has 1 aliphatic carbocycles. The van der Waals surface area contributed by atoms with Gasteiger partial charge >= 0.3 is 0 Å². The van der Waals surface area contributed by atoms with E-state index in [4.69, 9.17) is 10.5 Å². The summed E-state index contributed by atoms with van der Waals surface area (Å²) in [6.07, 6.45) is 5.04. The standard InChI is InChI=1S/C10H15N3O/c1-14-9-5-8(12-7-13-9)10(6-11)3-2-4-10/h5,7H,2-4,6,11H2,1H3. The molecule has 0 amide bonds. The maximum atomic E-state index is 5.79. The Balaban J connectivity index is 2.30. The van der Waals surface area contributed by atoms with Crippen LogP contribution in [0.5, 0.6) is 5.88 Å². The van der Waals surface area contributed by atoms with Crippen molar-refractivity contribution >= 4 is 0 Å². The summed E-state index contributed by atoms with van der Waals surface area (Å²) in [7, 11) is 1.61. The third kappa shape index (κ3) is 1.35. The fraction of sp³-hybridized carbons (Fsp3) is 0.600. The van der Waals surface area contributed by atoms with Crippen molar-refractivity contribution in [1.29, 1.82) is 0 Å². The fourth-order valence-electron chi connectivity index (χ4n) is 1.91. The Morgan fingerprint density at radius 1 is 1.50 bits per heavy atom. The highest BCUT2D eigenvalue weighted by atomic mass is 16.5. The molecule has 2 N–H and O–H groups in total. The third-order valence-electron chi connectivity index (χ3n) is 3.10. The maximum absolute atomic E-state index is 5.79. The van der Waals surface area contributed by atoms with Crippen molar-refractivity contribution in [2.45, 2.75) is 24.7 Å². The molecular formula is C10H15N3O. The largest absolute Gasteiger partial charge is 0.481 e. The van der Waals surface area contributed by atoms with E-state index in [9.17, 15) is 0 Å². The summed E-state index contributed by atoms with van der Waals surface area (Å²) in [5.41, 5.74) is 6.91. The van der Waals surface area contributed by atoms with Crippen LogP contribution in [0, 0.1) is 0 Å². The molecule has 0 atom stereocenters. The summed E-state index contributed by atoms with van der Waals surface area (Å²) in [5.74, 6) is 0.620. The molecule has 1 saturated carbocycles. The number of rotatable bonds is 3. The van der Waals surface area contributed by atoms with Crippen molar-refractivity contribution in [3.63, 3.8) is 0 Å². The van der Waals surface area contributed by atoms with E-state index >= 15 is 0 Å². The number of nitrogens with zero attached hydrogens (tertiary/aromatic N) is 2. The minimum atomic E-state index is 0.0935. The van der Waals surface area contributed by atoms with Gasteiger partial charge in [-0.1, -0.05) is 6.42 Å². The fourth-order valence-corrected chi connectivity index (χ4v) is 1.91. The van der Waals surface area contributed by atoms with Gasteiger partial charge in [-0.2, -0.15) is 0 Å². The van der Waals surface area contributed by atoms with Crippen LogP contribution in [-0.2, 0) is 5.41 Å². The van der Waals surface area contributed by atoms with Crippen molar-refractivity contribution in [3.05, 3.63) is 18.1 Å². The topological polar surface area (TPSA) is 61.0 Å². The molecule has 0 bridgehead atoms. The zero-order valence-electron chi connectivity index (χ0n) is 8.36. The van der Waals surface area contributed by atoms with E-state index < -0.39 is 0 Å². The van der Waals surface area contributed by atoms with Gasteiger partial charge in [0.25, 0.3) is 0 Å². The lowest BCUT2D eigenvalue weighted by Gasteiger charge is -2.40. The highest BCUT2D eigenvalue weighted by Gasteiger charge is 2.38. The first-order chi connectivity index (χ1) is 6.80. The molecule has 1 heterocycles. The first-order valence-electron chi connectivity index (χ1n) is 4.87. The van der Waals surface area contributed by atoms with Crippen LogP contribution >= 0.6 is 0 Å². The van der Waals surface area contributed by atoms with Gasteiger partial charge in [-0.05, 0) is 12.8 Å². The van der Waals surface area contributed by atoms with Gasteiger partial charge in [-0.25, -0.2) is 9.97 Å². The minimum Gasteiger partial charge on any atom is -0.481 e. The van der Waals surface area contributed by atoms with Crippen LogP contribution in [0.2, 0.25) is 0 Å². The number of hydrogen-bond acceptors (Lipinski definition) is 4. The number of nitrogens with two attached hydrogens (primary N) is 1. The first kappa shape index (κ1) is 9.40. The van der Waals surface area contributed by atoms with Crippen LogP contribution in [0.4, 0.5) is 0 Å². The molecule has 0 saturated heterocycles. The molecular weight excluding hydrogens is 178 g/mol. The maximum Gasteiger partial charge on any atom is 0.216 e. The zero-order chi connectivity index (χ0) is 10.0. The van der Waals surface area contributed by atoms with Crippen molar-refractivity contribution in [2.24, 2.45) is 5.73 Å². The summed E-state index contributed by atoms with van der Waals surface area (Å²) < 4.78 is 5.07. The SMILES string of the molecule is COc1cc(C2(CN)CCC2)ncn1. The van der Waals surface area contributed by atoms with Gasteiger partial charge in [0, 0.05) is 18.0 Å². The van der Waals surface area contributed by atoms with Crippen LogP contribution in [0.25, 0.3) is 0 Å². The van der Waals surface area contributed by atoms with Gasteiger partial charge in [0.15, 0.2) is 0 Å². The van der Waals surface area contributed by atoms with E-state index in [0.717, 1.165) is 18.5 Å². The lowest BCUT2D eigenvalue weighted by atomic mass is 9.66. The molecule has 14 heavy (non-hydrogen) atoms. The molecule has 0 unspecified atom stereocenters. The van der Waals surface area contributed by atoms with Gasteiger partial charge in [-0.15, -0.1) is 0 Å². The van der Waals surface area contributed by atoms with Crippen molar-refractivity contribution in [1.82, 2.24) is 9.97 Å². The summed E-state index contributed by atoms with van der Waals surface area (Å²) >= 11 is 0. The Bertz CT molecular complexity index is 317. The normalized spacial score (nSPS) is 18.7. The van der Waals surface area contributed by atoms with Crippen LogP contribution in [0.1, 0.15) is 25.0 Å². The number of methoxy groups -OCH3 is 1. The molecule has 0 radical (unpaired) electrons. The predicted molar refractivity (Wildman–Crippen MR) is 53.2 cm³/mol. The second-order valence-electron chi connectivity index (χ2n) is 3.78. The monoisotopic (exact) mass is 193 g/mol. The van der Waals surface area contributed by atoms with Gasteiger partial charge in [-0.3, -0.25) is 0 Å². The lowest BCUT2D eigenvalue weighted by Crippen LogP contribution is -2.42. The van der Waals surface area contributed by atoms with Crippen molar-refractivity contribution < 1.29 is 4.74 Å². The predicted octanol–water partition coefficient (Wildman–Crippen LogP) is 0.866. The van der Waals surface area contributed by atoms with Crippen LogP contribution in [-0.4, -0.2) is 23.6 Å². The molecule has 2 rings (SSSR count). The summed E-state index contributed by atoms with van der Waals surface area (Å²) in [5, 5.41) is 0. The minimum absolute atomic E-state index is 0.0935. The number of hydrogen-bond donors (Lipinski definition) is 1. The first-order valence-corrected chi connectivity index (χ1v) is 4.87. The Kier molecular flexibility index (Phi) is 2.37. The molecule has 0 spiro atoms. The second-order valence-corrected chi connectivity index (χ2v) is 3.78. The van der Waals surface area contributed by atoms with Gasteiger partial charge in [0.2, 0.25) is 5.88 Å². The van der Waals surface area contributed by atoms with E-state index in [0.29, 0.717) is 12.4 Å². The van der Waals surface area contributed by atoms with Crippen molar-refractivity contribution in [2.75, 3.05) is 13.7 Å². The molecule has 1 aromatic heterocycles. The van der Waals surface area contributed by atoms with Gasteiger partial charge < -0.3 is 10.5 Å². The number of aromatic nitrogens is 2. The molecule has 1 aliphatic rings. The van der Waals surface area contributed by atoms with E-state index in [1.54, 1.807) is 13.4 Å². The third-order valence-corrected chi connectivity index (χ3v) is 3.10. The van der Waals surface area contributed by atoms with Crippen LogP contribution in [0.15, 0.2) is 12.4 Å². The number of ether oxygens (including phenoxy) is 1. The van der Waals surface area contributed by atoms with Gasteiger partial charge in [0.05, 0.1) is 12.8 Å².